The Labute approximate surface area is 169 Å². The Bertz CT molecular complexity index is 1200. The van der Waals surface area contributed by atoms with Crippen molar-refractivity contribution in [2.45, 2.75) is 20.0 Å². The van der Waals surface area contributed by atoms with Crippen LogP contribution in [-0.4, -0.2) is 15.8 Å². The van der Waals surface area contributed by atoms with Gasteiger partial charge >= 0.3 is 0 Å². The number of amides is 1. The van der Waals surface area contributed by atoms with Crippen molar-refractivity contribution < 1.29 is 4.79 Å². The molecule has 0 saturated carbocycles. The van der Waals surface area contributed by atoms with Gasteiger partial charge in [-0.3, -0.25) is 9.59 Å². The molecule has 0 aliphatic heterocycles. The van der Waals surface area contributed by atoms with Gasteiger partial charge in [-0.25, -0.2) is 0 Å². The van der Waals surface area contributed by atoms with Crippen molar-refractivity contribution in [3.8, 4) is 0 Å². The van der Waals surface area contributed by atoms with Gasteiger partial charge in [0.05, 0.1) is 6.54 Å². The van der Waals surface area contributed by atoms with Crippen molar-refractivity contribution in [2.24, 2.45) is 0 Å². The first kappa shape index (κ1) is 18.7. The Hall–Kier alpha value is -3.66. The molecule has 0 saturated heterocycles. The molecule has 0 aliphatic carbocycles. The van der Waals surface area contributed by atoms with Gasteiger partial charge in [0.25, 0.3) is 11.5 Å². The number of aromatic amines is 1. The third kappa shape index (κ3) is 4.27. The summed E-state index contributed by atoms with van der Waals surface area (Å²) in [4.78, 5) is 30.5. The fourth-order valence-corrected chi connectivity index (χ4v) is 3.46. The molecular weight excluding hydrogens is 360 g/mol. The van der Waals surface area contributed by atoms with E-state index in [1.807, 2.05) is 79.7 Å². The van der Waals surface area contributed by atoms with E-state index in [1.165, 1.54) is 0 Å². The number of pyridine rings is 1. The minimum atomic E-state index is -0.166. The molecule has 144 valence electrons. The molecule has 1 heterocycles. The normalized spacial score (nSPS) is 10.8. The Morgan fingerprint density at radius 2 is 1.55 bits per heavy atom. The van der Waals surface area contributed by atoms with E-state index in [-0.39, 0.29) is 18.0 Å². The van der Waals surface area contributed by atoms with Crippen molar-refractivity contribution >= 4 is 16.8 Å². The number of H-pyrrole nitrogens is 1. The summed E-state index contributed by atoms with van der Waals surface area (Å²) < 4.78 is 0. The summed E-state index contributed by atoms with van der Waals surface area (Å²) >= 11 is 0. The number of aromatic nitrogens is 1. The number of rotatable bonds is 5. The summed E-state index contributed by atoms with van der Waals surface area (Å²) in [5, 5.41) is 0.964. The maximum atomic E-state index is 13.2. The van der Waals surface area contributed by atoms with Gasteiger partial charge in [-0.1, -0.05) is 60.2 Å². The van der Waals surface area contributed by atoms with Gasteiger partial charge in [-0.15, -0.1) is 0 Å². The van der Waals surface area contributed by atoms with E-state index in [2.05, 4.69) is 4.98 Å². The van der Waals surface area contributed by atoms with Crippen LogP contribution in [0, 0.1) is 6.92 Å². The molecule has 3 aromatic carbocycles. The molecule has 0 bridgehead atoms. The van der Waals surface area contributed by atoms with Crippen LogP contribution in [0.2, 0.25) is 0 Å². The minimum absolute atomic E-state index is 0.0989. The molecule has 4 nitrogen and oxygen atoms in total. The van der Waals surface area contributed by atoms with E-state index >= 15 is 0 Å². The highest BCUT2D eigenvalue weighted by molar-refractivity contribution is 5.94. The van der Waals surface area contributed by atoms with Crippen molar-refractivity contribution in [1.82, 2.24) is 9.88 Å². The van der Waals surface area contributed by atoms with Crippen molar-refractivity contribution in [3.63, 3.8) is 0 Å². The second-order valence-electron chi connectivity index (χ2n) is 7.23. The molecule has 0 radical (unpaired) electrons. The van der Waals surface area contributed by atoms with Crippen LogP contribution in [0.4, 0.5) is 0 Å². The maximum absolute atomic E-state index is 13.2. The van der Waals surface area contributed by atoms with E-state index in [0.717, 1.165) is 22.0 Å². The molecule has 0 fully saturated rings. The van der Waals surface area contributed by atoms with Gasteiger partial charge < -0.3 is 9.88 Å². The predicted molar refractivity (Wildman–Crippen MR) is 116 cm³/mol. The second-order valence-corrected chi connectivity index (χ2v) is 7.23. The highest BCUT2D eigenvalue weighted by atomic mass is 16.2. The zero-order chi connectivity index (χ0) is 20.2. The molecular formula is C25H22N2O2. The summed E-state index contributed by atoms with van der Waals surface area (Å²) in [6.45, 7) is 2.69. The number of carbonyl (C=O) groups excluding carboxylic acids is 1. The summed E-state index contributed by atoms with van der Waals surface area (Å²) in [5.74, 6) is -0.0989. The molecule has 4 aromatic rings. The summed E-state index contributed by atoms with van der Waals surface area (Å²) in [6.07, 6.45) is 0. The number of nitrogens with zero attached hydrogens (tertiary/aromatic N) is 1. The van der Waals surface area contributed by atoms with Crippen LogP contribution in [-0.2, 0) is 13.1 Å². The van der Waals surface area contributed by atoms with Crippen LogP contribution >= 0.6 is 0 Å². The summed E-state index contributed by atoms with van der Waals surface area (Å²) in [7, 11) is 0. The number of benzene rings is 3. The van der Waals surface area contributed by atoms with Crippen LogP contribution in [0.5, 0.6) is 0 Å². The lowest BCUT2D eigenvalue weighted by Crippen LogP contribution is -2.32. The van der Waals surface area contributed by atoms with Gasteiger partial charge in [-0.05, 0) is 48.2 Å². The number of carbonyl (C=O) groups is 1. The number of fused-ring (bicyclic) bond motifs is 1. The molecule has 0 unspecified atom stereocenters. The lowest BCUT2D eigenvalue weighted by atomic mass is 10.1. The molecule has 0 aliphatic rings. The first-order valence-electron chi connectivity index (χ1n) is 9.61. The lowest BCUT2D eigenvalue weighted by molar-refractivity contribution is 0.0729. The van der Waals surface area contributed by atoms with Crippen LogP contribution in [0.15, 0.2) is 89.7 Å². The van der Waals surface area contributed by atoms with Crippen molar-refractivity contribution in [1.29, 1.82) is 0 Å². The summed E-state index contributed by atoms with van der Waals surface area (Å²) in [5.41, 5.74) is 3.95. The third-order valence-corrected chi connectivity index (χ3v) is 4.96. The molecule has 29 heavy (non-hydrogen) atoms. The Balaban J connectivity index is 1.71. The van der Waals surface area contributed by atoms with Crippen LogP contribution in [0.1, 0.15) is 27.0 Å². The van der Waals surface area contributed by atoms with Gasteiger partial charge in [0.1, 0.15) is 0 Å². The molecule has 1 aromatic heterocycles. The Morgan fingerprint density at radius 3 is 2.28 bits per heavy atom. The fraction of sp³-hybridized carbons (Fsp3) is 0.120. The average molecular weight is 382 g/mol. The number of hydrogen-bond donors (Lipinski definition) is 1. The van der Waals surface area contributed by atoms with Gasteiger partial charge in [0.2, 0.25) is 0 Å². The molecule has 4 rings (SSSR count). The first-order valence-corrected chi connectivity index (χ1v) is 9.61. The highest BCUT2D eigenvalue weighted by Crippen LogP contribution is 2.17. The largest absolute Gasteiger partial charge is 0.330 e. The average Bonchev–Trinajstić information content (AvgIpc) is 2.75. The quantitative estimate of drug-likeness (QED) is 0.545. The molecule has 0 spiro atoms. The zero-order valence-corrected chi connectivity index (χ0v) is 16.3. The lowest BCUT2D eigenvalue weighted by Gasteiger charge is -2.23. The van der Waals surface area contributed by atoms with E-state index in [0.29, 0.717) is 17.7 Å². The standard InChI is InChI=1S/C25H22N2O2/c1-18-12-13-23-21(14-18)15-22(24(28)26-23)17-27(16-19-8-4-2-5-9-19)25(29)20-10-6-3-7-11-20/h2-15H,16-17H2,1H3,(H,26,28). The van der Waals surface area contributed by atoms with Gasteiger partial charge in [-0.2, -0.15) is 0 Å². The van der Waals surface area contributed by atoms with E-state index in [1.54, 1.807) is 17.0 Å². The van der Waals surface area contributed by atoms with Crippen molar-refractivity contribution in [3.05, 3.63) is 118 Å². The predicted octanol–water partition coefficient (Wildman–Crippen LogP) is 4.68. The molecule has 0 atom stereocenters. The number of aryl methyl sites for hydroxylation is 1. The fourth-order valence-electron chi connectivity index (χ4n) is 3.46. The monoisotopic (exact) mass is 382 g/mol. The Kier molecular flexibility index (Phi) is 5.25. The SMILES string of the molecule is Cc1ccc2[nH]c(=O)c(CN(Cc3ccccc3)C(=O)c3ccccc3)cc2c1. The topological polar surface area (TPSA) is 53.2 Å². The maximum Gasteiger partial charge on any atom is 0.254 e. The minimum Gasteiger partial charge on any atom is -0.330 e. The van der Waals surface area contributed by atoms with Gasteiger partial charge in [0.15, 0.2) is 0 Å². The zero-order valence-electron chi connectivity index (χ0n) is 16.3. The smallest absolute Gasteiger partial charge is 0.254 e. The molecule has 1 amide bonds. The molecule has 4 heteroatoms. The van der Waals surface area contributed by atoms with Crippen LogP contribution in [0.3, 0.4) is 0 Å². The van der Waals surface area contributed by atoms with Crippen LogP contribution < -0.4 is 5.56 Å². The summed E-state index contributed by atoms with van der Waals surface area (Å²) in [6, 6.07) is 26.8. The first-order chi connectivity index (χ1) is 14.1. The number of nitrogens with one attached hydrogen (secondary N) is 1. The van der Waals surface area contributed by atoms with E-state index in [9.17, 15) is 9.59 Å². The Morgan fingerprint density at radius 1 is 0.862 bits per heavy atom. The number of hydrogen-bond acceptors (Lipinski definition) is 2. The van der Waals surface area contributed by atoms with E-state index < -0.39 is 0 Å². The van der Waals surface area contributed by atoms with Crippen molar-refractivity contribution in [2.75, 3.05) is 0 Å². The second kappa shape index (κ2) is 8.15. The van der Waals surface area contributed by atoms with Crippen LogP contribution in [0.25, 0.3) is 10.9 Å². The van der Waals surface area contributed by atoms with E-state index in [4.69, 9.17) is 0 Å². The third-order valence-electron chi connectivity index (χ3n) is 4.96. The highest BCUT2D eigenvalue weighted by Gasteiger charge is 2.18. The molecule has 1 N–H and O–H groups in total. The van der Waals surface area contributed by atoms with Gasteiger partial charge in [0, 0.05) is 23.2 Å².